The molecule has 0 bridgehead atoms. The molecule has 1 aliphatic rings. The zero-order valence-electron chi connectivity index (χ0n) is 9.95. The van der Waals surface area contributed by atoms with Crippen molar-refractivity contribution in [2.45, 2.75) is 24.1 Å². The summed E-state index contributed by atoms with van der Waals surface area (Å²) >= 11 is 11.8. The van der Waals surface area contributed by atoms with Gasteiger partial charge < -0.3 is 4.90 Å². The van der Waals surface area contributed by atoms with E-state index in [9.17, 15) is 9.59 Å². The van der Waals surface area contributed by atoms with Gasteiger partial charge in [0.25, 0.3) is 10.2 Å². The summed E-state index contributed by atoms with van der Waals surface area (Å²) in [5, 5.41) is 0. The third kappa shape index (κ3) is 2.02. The minimum absolute atomic E-state index is 0.401. The highest BCUT2D eigenvalue weighted by atomic mass is 35.5. The molecule has 0 unspecified atom stereocenters. The number of nitrogens with zero attached hydrogens (tertiary/aromatic N) is 1. The van der Waals surface area contributed by atoms with Crippen LogP contribution in [0.5, 0.6) is 0 Å². The summed E-state index contributed by atoms with van der Waals surface area (Å²) in [6.07, 6.45) is 1.77. The summed E-state index contributed by atoms with van der Waals surface area (Å²) in [5.74, 6) is -1.10. The number of benzene rings is 1. The third-order valence-electron chi connectivity index (χ3n) is 2.97. The summed E-state index contributed by atoms with van der Waals surface area (Å²) < 4.78 is -2.00. The fourth-order valence-corrected chi connectivity index (χ4v) is 2.39. The summed E-state index contributed by atoms with van der Waals surface area (Å²) in [7, 11) is 0. The van der Waals surface area contributed by atoms with Crippen LogP contribution in [0, 0.1) is 0 Å². The lowest BCUT2D eigenvalue weighted by Crippen LogP contribution is -2.51. The Morgan fingerprint density at radius 3 is 2.56 bits per heavy atom. The van der Waals surface area contributed by atoms with Crippen LogP contribution < -0.4 is 4.90 Å². The quantitative estimate of drug-likeness (QED) is 0.632. The maximum atomic E-state index is 12.2. The van der Waals surface area contributed by atoms with Crippen molar-refractivity contribution >= 4 is 40.6 Å². The molecule has 0 saturated heterocycles. The van der Waals surface area contributed by atoms with Crippen LogP contribution in [0.25, 0.3) is 0 Å². The van der Waals surface area contributed by atoms with E-state index in [1.807, 2.05) is 6.92 Å². The van der Waals surface area contributed by atoms with Crippen molar-refractivity contribution in [2.75, 3.05) is 11.4 Å². The standard InChI is InChI=1S/C13H13Cl2NO2/c1-2-3-8-16-10-7-5-4-6-9(10)11(17)13(14,15)12(16)18/h4-7H,2-3,8H2,1H3. The molecule has 0 N–H and O–H groups in total. The van der Waals surface area contributed by atoms with Crippen LogP contribution in [0.4, 0.5) is 5.69 Å². The Labute approximate surface area is 116 Å². The van der Waals surface area contributed by atoms with E-state index in [2.05, 4.69) is 0 Å². The van der Waals surface area contributed by atoms with Gasteiger partial charge in [0, 0.05) is 12.1 Å². The van der Waals surface area contributed by atoms with Gasteiger partial charge in [-0.15, -0.1) is 0 Å². The van der Waals surface area contributed by atoms with Gasteiger partial charge >= 0.3 is 0 Å². The van der Waals surface area contributed by atoms with Crippen molar-refractivity contribution in [1.82, 2.24) is 0 Å². The topological polar surface area (TPSA) is 37.4 Å². The highest BCUT2D eigenvalue weighted by Crippen LogP contribution is 2.38. The van der Waals surface area contributed by atoms with Crippen LogP contribution in [0.1, 0.15) is 30.1 Å². The van der Waals surface area contributed by atoms with Crippen molar-refractivity contribution in [2.24, 2.45) is 0 Å². The summed E-state index contributed by atoms with van der Waals surface area (Å²) in [4.78, 5) is 25.7. The normalized spacial score (nSPS) is 17.8. The number of Topliss-reactive ketones (excluding diaryl/α,β-unsaturated/α-hetero) is 1. The van der Waals surface area contributed by atoms with Crippen LogP contribution >= 0.6 is 23.2 Å². The SMILES string of the molecule is CCCCN1C(=O)C(Cl)(Cl)C(=O)c2ccccc21. The van der Waals surface area contributed by atoms with Crippen molar-refractivity contribution in [3.8, 4) is 0 Å². The lowest BCUT2D eigenvalue weighted by Gasteiger charge is -2.34. The minimum atomic E-state index is -2.00. The van der Waals surface area contributed by atoms with E-state index in [1.54, 1.807) is 24.3 Å². The first-order valence-corrected chi connectivity index (χ1v) is 6.59. The lowest BCUT2D eigenvalue weighted by atomic mass is 9.98. The first-order chi connectivity index (χ1) is 8.50. The molecule has 5 heteroatoms. The van der Waals surface area contributed by atoms with Crippen molar-refractivity contribution in [3.63, 3.8) is 0 Å². The van der Waals surface area contributed by atoms with E-state index in [1.165, 1.54) is 4.90 Å². The Morgan fingerprint density at radius 1 is 1.22 bits per heavy atom. The minimum Gasteiger partial charge on any atom is -0.309 e. The number of alkyl halides is 2. The van der Waals surface area contributed by atoms with E-state index < -0.39 is 16.0 Å². The maximum absolute atomic E-state index is 12.2. The van der Waals surface area contributed by atoms with Gasteiger partial charge in [-0.3, -0.25) is 9.59 Å². The average molecular weight is 286 g/mol. The first kappa shape index (κ1) is 13.4. The van der Waals surface area contributed by atoms with E-state index in [0.717, 1.165) is 12.8 Å². The number of unbranched alkanes of at least 4 members (excludes halogenated alkanes) is 1. The van der Waals surface area contributed by atoms with Gasteiger partial charge in [-0.1, -0.05) is 48.7 Å². The number of halogens is 2. The molecule has 2 rings (SSSR count). The number of anilines is 1. The molecule has 0 atom stereocenters. The summed E-state index contributed by atoms with van der Waals surface area (Å²) in [5.41, 5.74) is 0.996. The number of carbonyl (C=O) groups excluding carboxylic acids is 2. The van der Waals surface area contributed by atoms with Gasteiger partial charge in [-0.2, -0.15) is 0 Å². The number of carbonyl (C=O) groups is 2. The maximum Gasteiger partial charge on any atom is 0.271 e. The van der Waals surface area contributed by atoms with Gasteiger partial charge in [-0.05, 0) is 18.6 Å². The summed E-state index contributed by atoms with van der Waals surface area (Å²) in [6.45, 7) is 2.54. The summed E-state index contributed by atoms with van der Waals surface area (Å²) in [6, 6.07) is 6.90. The molecule has 3 nitrogen and oxygen atoms in total. The van der Waals surface area contributed by atoms with Gasteiger partial charge in [0.2, 0.25) is 5.78 Å². The van der Waals surface area contributed by atoms with Crippen LogP contribution in [-0.4, -0.2) is 22.6 Å². The third-order valence-corrected chi connectivity index (χ3v) is 3.64. The van der Waals surface area contributed by atoms with Crippen molar-refractivity contribution in [3.05, 3.63) is 29.8 Å². The Hall–Kier alpha value is -1.06. The highest BCUT2D eigenvalue weighted by Gasteiger charge is 2.50. The van der Waals surface area contributed by atoms with Gasteiger partial charge in [0.1, 0.15) is 0 Å². The largest absolute Gasteiger partial charge is 0.309 e. The molecule has 1 aromatic rings. The molecule has 1 aliphatic heterocycles. The molecule has 0 radical (unpaired) electrons. The molecule has 0 aromatic heterocycles. The van der Waals surface area contributed by atoms with Gasteiger partial charge in [0.05, 0.1) is 5.69 Å². The molecular formula is C13H13Cl2NO2. The zero-order chi connectivity index (χ0) is 13.3. The lowest BCUT2D eigenvalue weighted by molar-refractivity contribution is -0.118. The van der Waals surface area contributed by atoms with Crippen molar-refractivity contribution < 1.29 is 9.59 Å². The molecule has 96 valence electrons. The van der Waals surface area contributed by atoms with E-state index in [0.29, 0.717) is 17.8 Å². The number of ketones is 1. The van der Waals surface area contributed by atoms with E-state index in [-0.39, 0.29) is 0 Å². The molecule has 18 heavy (non-hydrogen) atoms. The number of rotatable bonds is 3. The Morgan fingerprint density at radius 2 is 1.89 bits per heavy atom. The molecule has 0 fully saturated rings. The number of fused-ring (bicyclic) bond motifs is 1. The van der Waals surface area contributed by atoms with Crippen LogP contribution in [-0.2, 0) is 4.79 Å². The molecule has 0 spiro atoms. The number of para-hydroxylation sites is 1. The molecule has 1 aromatic carbocycles. The first-order valence-electron chi connectivity index (χ1n) is 5.83. The second-order valence-electron chi connectivity index (χ2n) is 4.23. The second-order valence-corrected chi connectivity index (χ2v) is 5.56. The van der Waals surface area contributed by atoms with Crippen LogP contribution in [0.15, 0.2) is 24.3 Å². The monoisotopic (exact) mass is 285 g/mol. The zero-order valence-corrected chi connectivity index (χ0v) is 11.5. The smallest absolute Gasteiger partial charge is 0.271 e. The predicted octanol–water partition coefficient (Wildman–Crippen LogP) is 3.19. The van der Waals surface area contributed by atoms with E-state index >= 15 is 0 Å². The molecule has 0 aliphatic carbocycles. The fourth-order valence-electron chi connectivity index (χ4n) is 1.98. The number of amides is 1. The van der Waals surface area contributed by atoms with Gasteiger partial charge in [-0.25, -0.2) is 0 Å². The van der Waals surface area contributed by atoms with Crippen LogP contribution in [0.2, 0.25) is 0 Å². The Bertz CT molecular complexity index is 500. The Balaban J connectivity index is 2.50. The van der Waals surface area contributed by atoms with Crippen LogP contribution in [0.3, 0.4) is 0 Å². The number of hydrogen-bond donors (Lipinski definition) is 0. The van der Waals surface area contributed by atoms with Gasteiger partial charge in [0.15, 0.2) is 0 Å². The second kappa shape index (κ2) is 4.90. The predicted molar refractivity (Wildman–Crippen MR) is 72.5 cm³/mol. The molecular weight excluding hydrogens is 273 g/mol. The highest BCUT2D eigenvalue weighted by molar-refractivity contribution is 6.71. The molecule has 1 amide bonds. The molecule has 1 heterocycles. The fraction of sp³-hybridized carbons (Fsp3) is 0.385. The Kier molecular flexibility index (Phi) is 3.64. The van der Waals surface area contributed by atoms with E-state index in [4.69, 9.17) is 23.2 Å². The van der Waals surface area contributed by atoms with Crippen molar-refractivity contribution in [1.29, 1.82) is 0 Å². The molecule has 0 saturated carbocycles. The number of hydrogen-bond acceptors (Lipinski definition) is 2. The average Bonchev–Trinajstić information content (AvgIpc) is 2.37.